The number of alkyl halides is 3. The number of halogens is 4. The Bertz CT molecular complexity index is 632. The van der Waals surface area contributed by atoms with Crippen molar-refractivity contribution < 1.29 is 23.0 Å². The highest BCUT2D eigenvalue weighted by molar-refractivity contribution is 9.10. The van der Waals surface area contributed by atoms with E-state index in [2.05, 4.69) is 20.9 Å². The molecule has 0 aliphatic rings. The maximum atomic E-state index is 13.0. The summed E-state index contributed by atoms with van der Waals surface area (Å²) in [4.78, 5) is 3.69. The van der Waals surface area contributed by atoms with Crippen LogP contribution in [0.4, 0.5) is 13.2 Å². The van der Waals surface area contributed by atoms with Crippen LogP contribution in [0.1, 0.15) is 11.1 Å². The van der Waals surface area contributed by atoms with E-state index >= 15 is 0 Å². The molecule has 1 N–H and O–H groups in total. The molecule has 112 valence electrons. The van der Waals surface area contributed by atoms with Gasteiger partial charge in [0.15, 0.2) is 0 Å². The molecule has 0 unspecified atom stereocenters. The Hall–Kier alpha value is -1.60. The lowest BCUT2D eigenvalue weighted by molar-refractivity contribution is -0.138. The first-order chi connectivity index (χ1) is 9.91. The first kappa shape index (κ1) is 15.8. The minimum absolute atomic E-state index is 0.125. The average Bonchev–Trinajstić information content (AvgIpc) is 2.42. The Morgan fingerprint density at radius 3 is 2.62 bits per heavy atom. The van der Waals surface area contributed by atoms with Crippen molar-refractivity contribution in [2.75, 3.05) is 6.61 Å². The van der Waals surface area contributed by atoms with Crippen molar-refractivity contribution in [1.82, 2.24) is 4.98 Å². The summed E-state index contributed by atoms with van der Waals surface area (Å²) in [6, 6.07) is 7.49. The minimum Gasteiger partial charge on any atom is -0.438 e. The van der Waals surface area contributed by atoms with E-state index < -0.39 is 17.6 Å². The molecule has 0 fully saturated rings. The first-order valence-electron chi connectivity index (χ1n) is 6.01. The van der Waals surface area contributed by atoms with Crippen LogP contribution in [0, 0.1) is 0 Å². The van der Waals surface area contributed by atoms with E-state index in [1.807, 2.05) is 0 Å². The molecule has 0 amide bonds. The molecule has 0 aliphatic heterocycles. The molecule has 1 aromatic heterocycles. The lowest BCUT2D eigenvalue weighted by Gasteiger charge is -2.14. The van der Waals surface area contributed by atoms with Crippen molar-refractivity contribution >= 4 is 15.9 Å². The van der Waals surface area contributed by atoms with Crippen LogP contribution in [0.3, 0.4) is 0 Å². The van der Waals surface area contributed by atoms with Gasteiger partial charge in [0.2, 0.25) is 5.88 Å². The highest BCUT2D eigenvalue weighted by Gasteiger charge is 2.36. The Morgan fingerprint density at radius 1 is 1.24 bits per heavy atom. The number of pyridine rings is 1. The van der Waals surface area contributed by atoms with Crippen molar-refractivity contribution in [3.8, 4) is 11.6 Å². The van der Waals surface area contributed by atoms with Gasteiger partial charge in [0.1, 0.15) is 11.3 Å². The summed E-state index contributed by atoms with van der Waals surface area (Å²) < 4.78 is 44.5. The van der Waals surface area contributed by atoms with Crippen molar-refractivity contribution in [1.29, 1.82) is 0 Å². The number of benzene rings is 1. The third kappa shape index (κ3) is 3.95. The van der Waals surface area contributed by atoms with Gasteiger partial charge >= 0.3 is 6.18 Å². The molecular weight excluding hydrogens is 351 g/mol. The molecule has 21 heavy (non-hydrogen) atoms. The van der Waals surface area contributed by atoms with Crippen LogP contribution in [0.2, 0.25) is 0 Å². The molecular formula is C14H11BrF3NO2. The van der Waals surface area contributed by atoms with Gasteiger partial charge < -0.3 is 9.84 Å². The van der Waals surface area contributed by atoms with Crippen molar-refractivity contribution in [3.05, 3.63) is 52.1 Å². The molecule has 1 aromatic carbocycles. The summed E-state index contributed by atoms with van der Waals surface area (Å²) in [6.45, 7) is -0.125. The highest BCUT2D eigenvalue weighted by atomic mass is 79.9. The normalized spacial score (nSPS) is 11.5. The van der Waals surface area contributed by atoms with Gasteiger partial charge in [-0.15, -0.1) is 0 Å². The second kappa shape index (κ2) is 6.44. The Kier molecular flexibility index (Phi) is 4.84. The van der Waals surface area contributed by atoms with E-state index in [0.717, 1.165) is 6.07 Å². The Labute approximate surface area is 127 Å². The molecule has 0 saturated heterocycles. The van der Waals surface area contributed by atoms with Gasteiger partial charge in [-0.3, -0.25) is 0 Å². The molecule has 0 bridgehead atoms. The van der Waals surface area contributed by atoms with Gasteiger partial charge in [0.05, 0.1) is 0 Å². The standard InChI is InChI=1S/C14H11BrF3NO2/c15-10-7-11(14(16,17)18)13(19-8-10)21-12-4-2-1-3-9(12)5-6-20/h1-4,7-8,20H,5-6H2. The van der Waals surface area contributed by atoms with Gasteiger partial charge in [0, 0.05) is 17.3 Å². The van der Waals surface area contributed by atoms with Gasteiger partial charge in [-0.2, -0.15) is 13.2 Å². The van der Waals surface area contributed by atoms with Gasteiger partial charge in [-0.25, -0.2) is 4.98 Å². The van der Waals surface area contributed by atoms with Crippen LogP contribution in [-0.4, -0.2) is 16.7 Å². The zero-order valence-electron chi connectivity index (χ0n) is 10.7. The summed E-state index contributed by atoms with van der Waals surface area (Å²) in [5.74, 6) is -0.275. The summed E-state index contributed by atoms with van der Waals surface area (Å²) in [7, 11) is 0. The van der Waals surface area contributed by atoms with E-state index in [9.17, 15) is 13.2 Å². The van der Waals surface area contributed by atoms with Crippen LogP contribution < -0.4 is 4.74 Å². The number of ether oxygens (including phenoxy) is 1. The van der Waals surface area contributed by atoms with E-state index in [-0.39, 0.29) is 23.2 Å². The largest absolute Gasteiger partial charge is 0.438 e. The molecule has 7 heteroatoms. The number of nitrogens with zero attached hydrogens (tertiary/aromatic N) is 1. The fourth-order valence-electron chi connectivity index (χ4n) is 1.75. The molecule has 3 nitrogen and oxygen atoms in total. The van der Waals surface area contributed by atoms with Crippen LogP contribution in [0.15, 0.2) is 41.0 Å². The van der Waals surface area contributed by atoms with E-state index in [1.54, 1.807) is 18.2 Å². The maximum Gasteiger partial charge on any atom is 0.421 e. The molecule has 2 aromatic rings. The van der Waals surface area contributed by atoms with Crippen LogP contribution in [0.25, 0.3) is 0 Å². The topological polar surface area (TPSA) is 42.4 Å². The second-order valence-electron chi connectivity index (χ2n) is 4.19. The molecule has 0 atom stereocenters. The number of aliphatic hydroxyl groups excluding tert-OH is 1. The molecule has 1 heterocycles. The number of aliphatic hydroxyl groups is 1. The fourth-order valence-corrected chi connectivity index (χ4v) is 2.08. The Morgan fingerprint density at radius 2 is 1.95 bits per heavy atom. The Balaban J connectivity index is 2.41. The van der Waals surface area contributed by atoms with Gasteiger partial charge in [-0.1, -0.05) is 18.2 Å². The summed E-state index contributed by atoms with van der Waals surface area (Å²) in [5.41, 5.74) is -0.353. The first-order valence-corrected chi connectivity index (χ1v) is 6.80. The second-order valence-corrected chi connectivity index (χ2v) is 5.10. The van der Waals surface area contributed by atoms with Crippen molar-refractivity contribution in [2.24, 2.45) is 0 Å². The number of aromatic nitrogens is 1. The van der Waals surface area contributed by atoms with E-state index in [0.29, 0.717) is 5.56 Å². The predicted molar refractivity (Wildman–Crippen MR) is 74.2 cm³/mol. The molecule has 0 aliphatic carbocycles. The average molecular weight is 362 g/mol. The predicted octanol–water partition coefficient (Wildman–Crippen LogP) is 4.19. The van der Waals surface area contributed by atoms with Crippen molar-refractivity contribution in [3.63, 3.8) is 0 Å². The van der Waals surface area contributed by atoms with Crippen molar-refractivity contribution in [2.45, 2.75) is 12.6 Å². The SMILES string of the molecule is OCCc1ccccc1Oc1ncc(Br)cc1C(F)(F)F. The molecule has 2 rings (SSSR count). The fraction of sp³-hybridized carbons (Fsp3) is 0.214. The third-order valence-corrected chi connectivity index (χ3v) is 3.12. The van der Waals surface area contributed by atoms with Crippen LogP contribution in [-0.2, 0) is 12.6 Å². The summed E-state index contributed by atoms with van der Waals surface area (Å²) in [6.07, 6.45) is -3.05. The number of para-hydroxylation sites is 1. The third-order valence-electron chi connectivity index (χ3n) is 2.68. The smallest absolute Gasteiger partial charge is 0.421 e. The molecule has 0 saturated carbocycles. The lowest BCUT2D eigenvalue weighted by atomic mass is 10.1. The van der Waals surface area contributed by atoms with Crippen LogP contribution >= 0.6 is 15.9 Å². The number of rotatable bonds is 4. The maximum absolute atomic E-state index is 13.0. The zero-order chi connectivity index (χ0) is 15.5. The van der Waals surface area contributed by atoms with Gasteiger partial charge in [0.25, 0.3) is 0 Å². The quantitative estimate of drug-likeness (QED) is 0.887. The highest BCUT2D eigenvalue weighted by Crippen LogP contribution is 2.38. The summed E-state index contributed by atoms with van der Waals surface area (Å²) >= 11 is 2.96. The monoisotopic (exact) mass is 361 g/mol. The van der Waals surface area contributed by atoms with E-state index in [4.69, 9.17) is 9.84 Å². The van der Waals surface area contributed by atoms with E-state index in [1.165, 1.54) is 12.3 Å². The molecule has 0 radical (unpaired) electrons. The van der Waals surface area contributed by atoms with Crippen LogP contribution in [0.5, 0.6) is 11.6 Å². The number of hydrogen-bond acceptors (Lipinski definition) is 3. The minimum atomic E-state index is -4.57. The lowest BCUT2D eigenvalue weighted by Crippen LogP contribution is -2.09. The summed E-state index contributed by atoms with van der Waals surface area (Å²) in [5, 5.41) is 8.97. The molecule has 0 spiro atoms. The number of hydrogen-bond donors (Lipinski definition) is 1. The zero-order valence-corrected chi connectivity index (χ0v) is 12.3. The van der Waals surface area contributed by atoms with Gasteiger partial charge in [-0.05, 0) is 40.0 Å².